The molecule has 0 atom stereocenters. The van der Waals surface area contributed by atoms with Gasteiger partial charge in [0.2, 0.25) is 0 Å². The van der Waals surface area contributed by atoms with Crippen LogP contribution in [0.15, 0.2) is 24.3 Å². The minimum absolute atomic E-state index is 0.168. The molecule has 5 heteroatoms. The lowest BCUT2D eigenvalue weighted by molar-refractivity contribution is 0.101. The number of hydrogen-bond acceptors (Lipinski definition) is 3. The van der Waals surface area contributed by atoms with E-state index in [9.17, 15) is 9.90 Å². The van der Waals surface area contributed by atoms with Crippen LogP contribution in [0.4, 0.5) is 5.69 Å². The summed E-state index contributed by atoms with van der Waals surface area (Å²) in [7, 11) is 0. The number of carbonyl (C=O) groups is 1. The van der Waals surface area contributed by atoms with Crippen molar-refractivity contribution in [2.24, 2.45) is 0 Å². The van der Waals surface area contributed by atoms with E-state index in [1.54, 1.807) is 35.9 Å². The second-order valence-corrected chi connectivity index (χ2v) is 4.65. The number of anilines is 1. The van der Waals surface area contributed by atoms with Gasteiger partial charge in [-0.25, -0.2) is 0 Å². The number of hydrogen-bond donors (Lipinski definition) is 2. The molecule has 1 amide bonds. The SMILES string of the molecule is CCc1cc(C(=O)Nc2ccc(C)c(O)c2)n(CC)n1. The van der Waals surface area contributed by atoms with Crippen LogP contribution in [0.3, 0.4) is 0 Å². The van der Waals surface area contributed by atoms with Crippen molar-refractivity contribution in [2.75, 3.05) is 5.32 Å². The summed E-state index contributed by atoms with van der Waals surface area (Å²) in [4.78, 5) is 12.3. The quantitative estimate of drug-likeness (QED) is 0.900. The van der Waals surface area contributed by atoms with Gasteiger partial charge in [0, 0.05) is 18.3 Å². The normalized spacial score (nSPS) is 10.6. The van der Waals surface area contributed by atoms with Gasteiger partial charge >= 0.3 is 0 Å². The van der Waals surface area contributed by atoms with Crippen molar-refractivity contribution in [3.63, 3.8) is 0 Å². The van der Waals surface area contributed by atoms with E-state index in [4.69, 9.17) is 0 Å². The number of nitrogens with one attached hydrogen (secondary N) is 1. The molecule has 0 aliphatic carbocycles. The number of aromatic hydroxyl groups is 1. The molecular formula is C15H19N3O2. The Hall–Kier alpha value is -2.30. The Kier molecular flexibility index (Phi) is 4.08. The summed E-state index contributed by atoms with van der Waals surface area (Å²) in [5, 5.41) is 16.8. The lowest BCUT2D eigenvalue weighted by atomic mass is 10.2. The summed E-state index contributed by atoms with van der Waals surface area (Å²) < 4.78 is 1.68. The molecule has 0 saturated carbocycles. The number of carbonyl (C=O) groups excluding carboxylic acids is 1. The summed E-state index contributed by atoms with van der Waals surface area (Å²) >= 11 is 0. The smallest absolute Gasteiger partial charge is 0.273 e. The predicted molar refractivity (Wildman–Crippen MR) is 78.1 cm³/mol. The summed E-state index contributed by atoms with van der Waals surface area (Å²) in [6, 6.07) is 6.87. The van der Waals surface area contributed by atoms with Gasteiger partial charge in [-0.2, -0.15) is 5.10 Å². The highest BCUT2D eigenvalue weighted by atomic mass is 16.3. The maximum absolute atomic E-state index is 12.3. The van der Waals surface area contributed by atoms with Crippen molar-refractivity contribution in [1.82, 2.24) is 9.78 Å². The van der Waals surface area contributed by atoms with Crippen LogP contribution in [0.1, 0.15) is 35.6 Å². The molecule has 0 saturated heterocycles. The first-order chi connectivity index (χ1) is 9.55. The van der Waals surface area contributed by atoms with Crippen molar-refractivity contribution < 1.29 is 9.90 Å². The van der Waals surface area contributed by atoms with Crippen LogP contribution in [0, 0.1) is 6.92 Å². The van der Waals surface area contributed by atoms with E-state index in [-0.39, 0.29) is 11.7 Å². The van der Waals surface area contributed by atoms with Gasteiger partial charge in [0.05, 0.1) is 5.69 Å². The maximum atomic E-state index is 12.3. The minimum atomic E-state index is -0.220. The van der Waals surface area contributed by atoms with Crippen LogP contribution in [-0.4, -0.2) is 20.8 Å². The summed E-state index contributed by atoms with van der Waals surface area (Å²) in [6.45, 7) is 6.39. The van der Waals surface area contributed by atoms with Gasteiger partial charge in [-0.15, -0.1) is 0 Å². The zero-order chi connectivity index (χ0) is 14.7. The highest BCUT2D eigenvalue weighted by Gasteiger charge is 2.14. The van der Waals surface area contributed by atoms with Gasteiger partial charge in [-0.05, 0) is 38.0 Å². The van der Waals surface area contributed by atoms with Gasteiger partial charge in [-0.1, -0.05) is 13.0 Å². The molecule has 2 N–H and O–H groups in total. The summed E-state index contributed by atoms with van der Waals surface area (Å²) in [6.07, 6.45) is 0.790. The fourth-order valence-corrected chi connectivity index (χ4v) is 1.95. The van der Waals surface area contributed by atoms with E-state index in [0.29, 0.717) is 17.9 Å². The van der Waals surface area contributed by atoms with Gasteiger partial charge in [0.25, 0.3) is 5.91 Å². The average molecular weight is 273 g/mol. The Bertz CT molecular complexity index is 632. The zero-order valence-corrected chi connectivity index (χ0v) is 12.0. The topological polar surface area (TPSA) is 67.2 Å². The predicted octanol–water partition coefficient (Wildman–Crippen LogP) is 2.73. The third-order valence-electron chi connectivity index (χ3n) is 3.19. The van der Waals surface area contributed by atoms with Crippen molar-refractivity contribution in [3.8, 4) is 5.75 Å². The molecule has 1 heterocycles. The summed E-state index contributed by atoms with van der Waals surface area (Å²) in [5.74, 6) is -0.0525. The number of nitrogens with zero attached hydrogens (tertiary/aromatic N) is 2. The van der Waals surface area contributed by atoms with Gasteiger partial charge in [0.15, 0.2) is 0 Å². The molecule has 5 nitrogen and oxygen atoms in total. The lowest BCUT2D eigenvalue weighted by Crippen LogP contribution is -2.17. The third-order valence-corrected chi connectivity index (χ3v) is 3.19. The Morgan fingerprint density at radius 2 is 2.10 bits per heavy atom. The van der Waals surface area contributed by atoms with Crippen molar-refractivity contribution in [2.45, 2.75) is 33.7 Å². The van der Waals surface area contributed by atoms with Gasteiger partial charge in [0.1, 0.15) is 11.4 Å². The fraction of sp³-hybridized carbons (Fsp3) is 0.333. The van der Waals surface area contributed by atoms with Crippen LogP contribution in [-0.2, 0) is 13.0 Å². The van der Waals surface area contributed by atoms with Crippen LogP contribution < -0.4 is 5.32 Å². The first-order valence-corrected chi connectivity index (χ1v) is 6.72. The van der Waals surface area contributed by atoms with Crippen molar-refractivity contribution >= 4 is 11.6 Å². The van der Waals surface area contributed by atoms with Crippen LogP contribution in [0.25, 0.3) is 0 Å². The average Bonchev–Trinajstić information content (AvgIpc) is 2.86. The zero-order valence-electron chi connectivity index (χ0n) is 12.0. The van der Waals surface area contributed by atoms with Crippen LogP contribution in [0.2, 0.25) is 0 Å². The third kappa shape index (κ3) is 2.82. The molecule has 0 fully saturated rings. The Balaban J connectivity index is 2.23. The van der Waals surface area contributed by atoms with E-state index < -0.39 is 0 Å². The van der Waals surface area contributed by atoms with E-state index in [0.717, 1.165) is 17.7 Å². The molecule has 0 unspecified atom stereocenters. The van der Waals surface area contributed by atoms with E-state index in [2.05, 4.69) is 10.4 Å². The molecule has 0 radical (unpaired) electrons. The van der Waals surface area contributed by atoms with E-state index in [1.807, 2.05) is 13.8 Å². The summed E-state index contributed by atoms with van der Waals surface area (Å²) in [5.41, 5.74) is 2.77. The van der Waals surface area contributed by atoms with Crippen LogP contribution in [0.5, 0.6) is 5.75 Å². The maximum Gasteiger partial charge on any atom is 0.273 e. The largest absolute Gasteiger partial charge is 0.508 e. The first kappa shape index (κ1) is 14.1. The molecule has 2 rings (SSSR count). The first-order valence-electron chi connectivity index (χ1n) is 6.72. The Morgan fingerprint density at radius 1 is 1.35 bits per heavy atom. The second-order valence-electron chi connectivity index (χ2n) is 4.65. The van der Waals surface area contributed by atoms with E-state index in [1.165, 1.54) is 0 Å². The molecule has 0 aliphatic rings. The monoisotopic (exact) mass is 273 g/mol. The molecule has 1 aromatic heterocycles. The molecule has 2 aromatic rings. The number of amides is 1. The lowest BCUT2D eigenvalue weighted by Gasteiger charge is -2.08. The van der Waals surface area contributed by atoms with Gasteiger partial charge in [-0.3, -0.25) is 9.48 Å². The number of rotatable bonds is 4. The highest BCUT2D eigenvalue weighted by Crippen LogP contribution is 2.21. The Labute approximate surface area is 118 Å². The fourth-order valence-electron chi connectivity index (χ4n) is 1.95. The number of aryl methyl sites for hydroxylation is 3. The molecule has 0 spiro atoms. The number of aromatic nitrogens is 2. The molecule has 0 aliphatic heterocycles. The molecular weight excluding hydrogens is 254 g/mol. The minimum Gasteiger partial charge on any atom is -0.508 e. The molecule has 20 heavy (non-hydrogen) atoms. The molecule has 106 valence electrons. The van der Waals surface area contributed by atoms with Crippen LogP contribution >= 0.6 is 0 Å². The van der Waals surface area contributed by atoms with E-state index >= 15 is 0 Å². The second kappa shape index (κ2) is 5.77. The number of phenolic OH excluding ortho intramolecular Hbond substituents is 1. The Morgan fingerprint density at radius 3 is 2.70 bits per heavy atom. The van der Waals surface area contributed by atoms with Crippen molar-refractivity contribution in [1.29, 1.82) is 0 Å². The number of phenols is 1. The highest BCUT2D eigenvalue weighted by molar-refractivity contribution is 6.03. The van der Waals surface area contributed by atoms with Gasteiger partial charge < -0.3 is 10.4 Å². The standard InChI is InChI=1S/C15H19N3O2/c1-4-11-8-13(18(5-2)17-11)15(20)16-12-7-6-10(3)14(19)9-12/h6-9,19H,4-5H2,1-3H3,(H,16,20). The molecule has 1 aromatic carbocycles. The molecule has 0 bridgehead atoms. The van der Waals surface area contributed by atoms with Crippen molar-refractivity contribution in [3.05, 3.63) is 41.2 Å². The number of benzene rings is 1.